The molecule has 1 saturated heterocycles. The normalized spacial score (nSPS) is 17.8. The first kappa shape index (κ1) is 18.9. The molecule has 2 aromatic carbocycles. The third-order valence-corrected chi connectivity index (χ3v) is 4.30. The van der Waals surface area contributed by atoms with Crippen LogP contribution in [-0.4, -0.2) is 31.6 Å². The molecular weight excluding hydrogens is 345 g/mol. The van der Waals surface area contributed by atoms with Crippen LogP contribution >= 0.6 is 24.0 Å². The van der Waals surface area contributed by atoms with Crippen molar-refractivity contribution in [2.45, 2.75) is 12.8 Å². The molecule has 1 heterocycles. The van der Waals surface area contributed by atoms with E-state index in [1.165, 1.54) is 19.4 Å². The van der Waals surface area contributed by atoms with E-state index in [0.717, 1.165) is 24.7 Å². The molecule has 0 spiro atoms. The van der Waals surface area contributed by atoms with Gasteiger partial charge >= 0.3 is 0 Å². The van der Waals surface area contributed by atoms with Crippen molar-refractivity contribution < 1.29 is 9.47 Å². The summed E-state index contributed by atoms with van der Waals surface area (Å²) in [5.41, 5.74) is 0. The van der Waals surface area contributed by atoms with Gasteiger partial charge in [0.2, 0.25) is 0 Å². The maximum atomic E-state index is 6.04. The molecule has 2 aromatic rings. The minimum absolute atomic E-state index is 0. The van der Waals surface area contributed by atoms with Crippen molar-refractivity contribution >= 4 is 24.0 Å². The van der Waals surface area contributed by atoms with Crippen LogP contribution in [0.1, 0.15) is 12.8 Å². The van der Waals surface area contributed by atoms with Crippen molar-refractivity contribution in [1.82, 2.24) is 4.90 Å². The molecule has 0 aliphatic carbocycles. The van der Waals surface area contributed by atoms with Gasteiger partial charge in [0.05, 0.1) is 6.61 Å². The first-order valence-corrected chi connectivity index (χ1v) is 8.42. The highest BCUT2D eigenvalue weighted by atomic mass is 35.5. The molecule has 1 aliphatic heterocycles. The predicted octanol–water partition coefficient (Wildman–Crippen LogP) is 5.27. The van der Waals surface area contributed by atoms with E-state index in [0.29, 0.717) is 16.7 Å². The molecule has 3 rings (SSSR count). The smallest absolute Gasteiger partial charge is 0.169 e. The lowest BCUT2D eigenvalue weighted by molar-refractivity contribution is 0.148. The Labute approximate surface area is 154 Å². The summed E-state index contributed by atoms with van der Waals surface area (Å²) in [6.07, 6.45) is 2.47. The van der Waals surface area contributed by atoms with Crippen LogP contribution in [0.2, 0.25) is 5.02 Å². The molecule has 0 bridgehead atoms. The summed E-state index contributed by atoms with van der Waals surface area (Å²) in [6, 6.07) is 15.2. The van der Waals surface area contributed by atoms with E-state index in [2.05, 4.69) is 11.9 Å². The number of piperidine rings is 1. The second kappa shape index (κ2) is 9.16. The Kier molecular flexibility index (Phi) is 7.22. The van der Waals surface area contributed by atoms with Crippen molar-refractivity contribution in [3.8, 4) is 17.2 Å². The van der Waals surface area contributed by atoms with Crippen LogP contribution in [0.25, 0.3) is 0 Å². The maximum absolute atomic E-state index is 6.04. The minimum atomic E-state index is 0. The van der Waals surface area contributed by atoms with E-state index in [1.54, 1.807) is 6.07 Å². The zero-order valence-electron chi connectivity index (χ0n) is 13.8. The van der Waals surface area contributed by atoms with Crippen molar-refractivity contribution in [3.05, 3.63) is 53.6 Å². The number of para-hydroxylation sites is 2. The molecule has 3 nitrogen and oxygen atoms in total. The highest BCUT2D eigenvalue weighted by Gasteiger charge is 2.18. The zero-order chi connectivity index (χ0) is 16.1. The van der Waals surface area contributed by atoms with Gasteiger partial charge in [-0.15, -0.1) is 12.4 Å². The molecule has 1 aliphatic rings. The summed E-state index contributed by atoms with van der Waals surface area (Å²) >= 11 is 6.01. The molecule has 24 heavy (non-hydrogen) atoms. The van der Waals surface area contributed by atoms with Gasteiger partial charge in [-0.2, -0.15) is 0 Å². The Morgan fingerprint density at radius 2 is 1.92 bits per heavy atom. The van der Waals surface area contributed by atoms with Gasteiger partial charge in [0.1, 0.15) is 5.75 Å². The van der Waals surface area contributed by atoms with Gasteiger partial charge < -0.3 is 14.4 Å². The van der Waals surface area contributed by atoms with Gasteiger partial charge in [-0.05, 0) is 56.8 Å². The molecule has 1 fully saturated rings. The van der Waals surface area contributed by atoms with Gasteiger partial charge in [-0.25, -0.2) is 0 Å². The summed E-state index contributed by atoms with van der Waals surface area (Å²) < 4.78 is 12.0. The van der Waals surface area contributed by atoms with Gasteiger partial charge in [-0.1, -0.05) is 29.8 Å². The Morgan fingerprint density at radius 3 is 2.67 bits per heavy atom. The van der Waals surface area contributed by atoms with Crippen LogP contribution in [0.3, 0.4) is 0 Å². The van der Waals surface area contributed by atoms with E-state index < -0.39 is 0 Å². The number of likely N-dealkylation sites (tertiary alicyclic amines) is 1. The third kappa shape index (κ3) is 5.30. The molecular formula is C19H23Cl2NO2. The monoisotopic (exact) mass is 367 g/mol. The molecule has 0 radical (unpaired) electrons. The average Bonchev–Trinajstić information content (AvgIpc) is 2.54. The second-order valence-corrected chi connectivity index (χ2v) is 6.52. The minimum Gasteiger partial charge on any atom is -0.489 e. The lowest BCUT2D eigenvalue weighted by Crippen LogP contribution is -2.34. The van der Waals surface area contributed by atoms with Crippen molar-refractivity contribution in [1.29, 1.82) is 0 Å². The number of ether oxygens (including phenoxy) is 2. The Morgan fingerprint density at radius 1 is 1.12 bits per heavy atom. The van der Waals surface area contributed by atoms with Crippen LogP contribution in [0.4, 0.5) is 0 Å². The van der Waals surface area contributed by atoms with Crippen LogP contribution in [0.15, 0.2) is 48.5 Å². The molecule has 0 amide bonds. The Bertz CT molecular complexity index is 651. The van der Waals surface area contributed by atoms with Crippen LogP contribution < -0.4 is 9.47 Å². The van der Waals surface area contributed by atoms with E-state index in [-0.39, 0.29) is 12.4 Å². The van der Waals surface area contributed by atoms with E-state index in [4.69, 9.17) is 21.1 Å². The summed E-state index contributed by atoms with van der Waals surface area (Å²) in [4.78, 5) is 2.37. The largest absolute Gasteiger partial charge is 0.489 e. The number of hydrogen-bond donors (Lipinski definition) is 0. The highest BCUT2D eigenvalue weighted by molar-refractivity contribution is 6.30. The fourth-order valence-electron chi connectivity index (χ4n) is 2.93. The molecule has 1 atom stereocenters. The first-order valence-electron chi connectivity index (χ1n) is 8.04. The quantitative estimate of drug-likeness (QED) is 0.717. The summed E-state index contributed by atoms with van der Waals surface area (Å²) in [5.74, 6) is 2.79. The topological polar surface area (TPSA) is 21.7 Å². The lowest BCUT2D eigenvalue weighted by Gasteiger charge is -2.29. The molecule has 0 aromatic heterocycles. The number of halogens is 2. The van der Waals surface area contributed by atoms with Crippen LogP contribution in [0, 0.1) is 5.92 Å². The standard InChI is InChI=1S/C19H22ClNO2.ClH/c1-21-11-5-6-15(13-21)14-22-18-9-2-3-10-19(18)23-17-8-4-7-16(20)12-17;/h2-4,7-10,12,15H,5-6,11,13-14H2,1H3;1H. The number of nitrogens with zero attached hydrogens (tertiary/aromatic N) is 1. The Hall–Kier alpha value is -1.42. The van der Waals surface area contributed by atoms with Crippen molar-refractivity contribution in [3.63, 3.8) is 0 Å². The third-order valence-electron chi connectivity index (χ3n) is 4.07. The SMILES string of the molecule is CN1CCCC(COc2ccccc2Oc2cccc(Cl)c2)C1.Cl. The van der Waals surface area contributed by atoms with Crippen LogP contribution in [-0.2, 0) is 0 Å². The maximum Gasteiger partial charge on any atom is 0.169 e. The fraction of sp³-hybridized carbons (Fsp3) is 0.368. The van der Waals surface area contributed by atoms with E-state index in [1.807, 2.05) is 42.5 Å². The molecule has 5 heteroatoms. The lowest BCUT2D eigenvalue weighted by atomic mass is 10.00. The second-order valence-electron chi connectivity index (χ2n) is 6.09. The number of hydrogen-bond acceptors (Lipinski definition) is 3. The number of rotatable bonds is 5. The average molecular weight is 368 g/mol. The van der Waals surface area contributed by atoms with Gasteiger partial charge in [-0.3, -0.25) is 0 Å². The predicted molar refractivity (Wildman–Crippen MR) is 101 cm³/mol. The summed E-state index contributed by atoms with van der Waals surface area (Å²) in [5, 5.41) is 0.658. The first-order chi connectivity index (χ1) is 11.2. The molecule has 130 valence electrons. The van der Waals surface area contributed by atoms with Crippen molar-refractivity contribution in [2.24, 2.45) is 5.92 Å². The van der Waals surface area contributed by atoms with E-state index >= 15 is 0 Å². The summed E-state index contributed by atoms with van der Waals surface area (Å²) in [6.45, 7) is 3.00. The van der Waals surface area contributed by atoms with Gasteiger partial charge in [0, 0.05) is 17.5 Å². The summed E-state index contributed by atoms with van der Waals surface area (Å²) in [7, 11) is 2.17. The molecule has 0 N–H and O–H groups in total. The number of benzene rings is 2. The Balaban J connectivity index is 0.00000208. The van der Waals surface area contributed by atoms with Gasteiger partial charge in [0.25, 0.3) is 0 Å². The van der Waals surface area contributed by atoms with E-state index in [9.17, 15) is 0 Å². The van der Waals surface area contributed by atoms with Gasteiger partial charge in [0.15, 0.2) is 11.5 Å². The fourth-order valence-corrected chi connectivity index (χ4v) is 3.11. The zero-order valence-corrected chi connectivity index (χ0v) is 15.4. The highest BCUT2D eigenvalue weighted by Crippen LogP contribution is 2.32. The molecule has 1 unspecified atom stereocenters. The molecule has 0 saturated carbocycles. The van der Waals surface area contributed by atoms with Crippen molar-refractivity contribution in [2.75, 3.05) is 26.7 Å². The van der Waals surface area contributed by atoms with Crippen LogP contribution in [0.5, 0.6) is 17.2 Å².